The molecule has 0 atom stereocenters. The predicted octanol–water partition coefficient (Wildman–Crippen LogP) is 5.12. The third kappa shape index (κ3) is 6.51. The first-order valence-corrected chi connectivity index (χ1v) is 10.7. The fourth-order valence-corrected chi connectivity index (χ4v) is 3.40. The maximum atomic E-state index is 12.6. The average Bonchev–Trinajstić information content (AvgIpc) is 2.80. The Balaban J connectivity index is 1.60. The van der Waals surface area contributed by atoms with Crippen LogP contribution < -0.4 is 20.1 Å². The third-order valence-electron chi connectivity index (χ3n) is 4.85. The summed E-state index contributed by atoms with van der Waals surface area (Å²) in [4.78, 5) is 12.6. The molecule has 31 heavy (non-hydrogen) atoms. The standard InChI is InChI=1S/C26H30N2O3/c1-3-30-23-16-15-20(19-24(23)31-4-2)17-18-27-26(29)28-25(21-11-7-5-8-12-21)22-13-9-6-10-14-22/h5-16,19,25H,3-4,17-18H2,1-2H3,(H2,27,28,29). The number of carbonyl (C=O) groups excluding carboxylic acids is 1. The molecule has 0 bridgehead atoms. The molecular formula is C26H30N2O3. The molecule has 3 aromatic carbocycles. The molecule has 0 saturated heterocycles. The highest BCUT2D eigenvalue weighted by molar-refractivity contribution is 5.75. The first kappa shape index (κ1) is 22.2. The van der Waals surface area contributed by atoms with Crippen molar-refractivity contribution in [3.8, 4) is 11.5 Å². The zero-order valence-corrected chi connectivity index (χ0v) is 18.1. The molecule has 0 aliphatic carbocycles. The summed E-state index contributed by atoms with van der Waals surface area (Å²) >= 11 is 0. The van der Waals surface area contributed by atoms with E-state index in [1.165, 1.54) is 0 Å². The van der Waals surface area contributed by atoms with Crippen LogP contribution in [0.1, 0.15) is 36.6 Å². The fourth-order valence-electron chi connectivity index (χ4n) is 3.40. The molecule has 0 spiro atoms. The van der Waals surface area contributed by atoms with E-state index >= 15 is 0 Å². The van der Waals surface area contributed by atoms with Crippen LogP contribution >= 0.6 is 0 Å². The van der Waals surface area contributed by atoms with Gasteiger partial charge in [-0.2, -0.15) is 0 Å². The van der Waals surface area contributed by atoms with Gasteiger partial charge in [0.15, 0.2) is 11.5 Å². The normalized spacial score (nSPS) is 10.5. The number of hydrogen-bond acceptors (Lipinski definition) is 3. The van der Waals surface area contributed by atoms with E-state index in [0.717, 1.165) is 28.2 Å². The summed E-state index contributed by atoms with van der Waals surface area (Å²) < 4.78 is 11.3. The Kier molecular flexibility index (Phi) is 8.35. The highest BCUT2D eigenvalue weighted by atomic mass is 16.5. The van der Waals surface area contributed by atoms with E-state index in [9.17, 15) is 4.79 Å². The van der Waals surface area contributed by atoms with Gasteiger partial charge in [0, 0.05) is 6.54 Å². The first-order chi connectivity index (χ1) is 15.2. The molecule has 2 N–H and O–H groups in total. The number of ether oxygens (including phenoxy) is 2. The van der Waals surface area contributed by atoms with E-state index in [-0.39, 0.29) is 12.1 Å². The lowest BCUT2D eigenvalue weighted by Gasteiger charge is -2.20. The second kappa shape index (κ2) is 11.6. The molecular weight excluding hydrogens is 388 g/mol. The minimum absolute atomic E-state index is 0.200. The minimum atomic E-state index is -0.211. The van der Waals surface area contributed by atoms with E-state index in [1.807, 2.05) is 92.7 Å². The van der Waals surface area contributed by atoms with E-state index in [2.05, 4.69) is 10.6 Å². The molecule has 0 radical (unpaired) electrons. The molecule has 162 valence electrons. The molecule has 2 amide bonds. The van der Waals surface area contributed by atoms with Crippen LogP contribution in [-0.2, 0) is 6.42 Å². The Morgan fingerprint density at radius 1 is 0.806 bits per heavy atom. The quantitative estimate of drug-likeness (QED) is 0.481. The number of rotatable bonds is 10. The zero-order chi connectivity index (χ0) is 21.9. The largest absolute Gasteiger partial charge is 0.490 e. The first-order valence-electron chi connectivity index (χ1n) is 10.7. The Labute approximate surface area is 184 Å². The summed E-state index contributed by atoms with van der Waals surface area (Å²) in [6.07, 6.45) is 0.696. The van der Waals surface area contributed by atoms with Crippen LogP contribution in [0.4, 0.5) is 4.79 Å². The third-order valence-corrected chi connectivity index (χ3v) is 4.85. The molecule has 0 aromatic heterocycles. The number of carbonyl (C=O) groups is 1. The SMILES string of the molecule is CCOc1ccc(CCNC(=O)NC(c2ccccc2)c2ccccc2)cc1OCC. The Morgan fingerprint density at radius 2 is 1.39 bits per heavy atom. The number of urea groups is 1. The lowest BCUT2D eigenvalue weighted by molar-refractivity contribution is 0.239. The summed E-state index contributed by atoms with van der Waals surface area (Å²) in [7, 11) is 0. The van der Waals surface area contributed by atoms with Crippen LogP contribution in [0, 0.1) is 0 Å². The van der Waals surface area contributed by atoms with Gasteiger partial charge in [-0.3, -0.25) is 0 Å². The van der Waals surface area contributed by atoms with Crippen molar-refractivity contribution in [1.29, 1.82) is 0 Å². The molecule has 0 aliphatic heterocycles. The van der Waals surface area contributed by atoms with Gasteiger partial charge in [0.05, 0.1) is 19.3 Å². The van der Waals surface area contributed by atoms with Gasteiger partial charge in [-0.05, 0) is 49.1 Å². The predicted molar refractivity (Wildman–Crippen MR) is 124 cm³/mol. The number of benzene rings is 3. The van der Waals surface area contributed by atoms with Gasteiger partial charge in [-0.1, -0.05) is 66.7 Å². The molecule has 0 saturated carbocycles. The molecule has 0 aliphatic rings. The van der Waals surface area contributed by atoms with Crippen molar-refractivity contribution in [2.75, 3.05) is 19.8 Å². The van der Waals surface area contributed by atoms with Gasteiger partial charge in [0.2, 0.25) is 0 Å². The summed E-state index contributed by atoms with van der Waals surface area (Å²) in [6, 6.07) is 25.4. The average molecular weight is 419 g/mol. The van der Waals surface area contributed by atoms with Crippen molar-refractivity contribution in [3.63, 3.8) is 0 Å². The van der Waals surface area contributed by atoms with E-state index in [4.69, 9.17) is 9.47 Å². The van der Waals surface area contributed by atoms with E-state index < -0.39 is 0 Å². The van der Waals surface area contributed by atoms with Gasteiger partial charge in [0.1, 0.15) is 0 Å². The summed E-state index contributed by atoms with van der Waals surface area (Å²) in [5, 5.41) is 6.07. The van der Waals surface area contributed by atoms with Gasteiger partial charge in [0.25, 0.3) is 0 Å². The van der Waals surface area contributed by atoms with E-state index in [1.54, 1.807) is 0 Å². The van der Waals surface area contributed by atoms with Crippen LogP contribution in [0.15, 0.2) is 78.9 Å². The Hall–Kier alpha value is -3.47. The van der Waals surface area contributed by atoms with Crippen molar-refractivity contribution in [2.24, 2.45) is 0 Å². The molecule has 5 heteroatoms. The fraction of sp³-hybridized carbons (Fsp3) is 0.269. The monoisotopic (exact) mass is 418 g/mol. The molecule has 5 nitrogen and oxygen atoms in total. The van der Waals surface area contributed by atoms with Gasteiger partial charge < -0.3 is 20.1 Å². The molecule has 3 aromatic rings. The van der Waals surface area contributed by atoms with Crippen LogP contribution in [0.2, 0.25) is 0 Å². The minimum Gasteiger partial charge on any atom is -0.490 e. The van der Waals surface area contributed by atoms with Gasteiger partial charge in [-0.25, -0.2) is 4.79 Å². The summed E-state index contributed by atoms with van der Waals surface area (Å²) in [5.41, 5.74) is 3.16. The Bertz CT molecular complexity index is 906. The van der Waals surface area contributed by atoms with Crippen molar-refractivity contribution in [3.05, 3.63) is 95.6 Å². The molecule has 0 heterocycles. The number of hydrogen-bond donors (Lipinski definition) is 2. The second-order valence-corrected chi connectivity index (χ2v) is 7.05. The zero-order valence-electron chi connectivity index (χ0n) is 18.1. The molecule has 3 rings (SSSR count). The smallest absolute Gasteiger partial charge is 0.315 e. The topological polar surface area (TPSA) is 59.6 Å². The lowest BCUT2D eigenvalue weighted by Crippen LogP contribution is -2.39. The number of amides is 2. The van der Waals surface area contributed by atoms with Crippen molar-refractivity contribution >= 4 is 6.03 Å². The van der Waals surface area contributed by atoms with Crippen molar-refractivity contribution in [2.45, 2.75) is 26.3 Å². The number of nitrogens with one attached hydrogen (secondary N) is 2. The van der Waals surface area contributed by atoms with Crippen LogP contribution in [-0.4, -0.2) is 25.8 Å². The summed E-state index contributed by atoms with van der Waals surface area (Å²) in [5.74, 6) is 1.48. The van der Waals surface area contributed by atoms with Crippen molar-refractivity contribution < 1.29 is 14.3 Å². The highest BCUT2D eigenvalue weighted by Gasteiger charge is 2.16. The Morgan fingerprint density at radius 3 is 1.97 bits per heavy atom. The van der Waals surface area contributed by atoms with Crippen LogP contribution in [0.25, 0.3) is 0 Å². The highest BCUT2D eigenvalue weighted by Crippen LogP contribution is 2.28. The lowest BCUT2D eigenvalue weighted by atomic mass is 9.99. The van der Waals surface area contributed by atoms with Gasteiger partial charge >= 0.3 is 6.03 Å². The molecule has 0 fully saturated rings. The van der Waals surface area contributed by atoms with Crippen LogP contribution in [0.3, 0.4) is 0 Å². The van der Waals surface area contributed by atoms with E-state index in [0.29, 0.717) is 26.2 Å². The second-order valence-electron chi connectivity index (χ2n) is 7.05. The maximum absolute atomic E-state index is 12.6. The van der Waals surface area contributed by atoms with Crippen molar-refractivity contribution in [1.82, 2.24) is 10.6 Å². The molecule has 0 unspecified atom stereocenters. The van der Waals surface area contributed by atoms with Gasteiger partial charge in [-0.15, -0.1) is 0 Å². The van der Waals surface area contributed by atoms with Crippen LogP contribution in [0.5, 0.6) is 11.5 Å². The summed E-state index contributed by atoms with van der Waals surface area (Å²) in [6.45, 7) is 5.58. The maximum Gasteiger partial charge on any atom is 0.315 e.